The number of ether oxygens (including phenoxy) is 3. The maximum atomic E-state index is 15.6. The number of anilines is 1. The normalized spacial score (nSPS) is 11.7. The van der Waals surface area contributed by atoms with Crippen LogP contribution in [0.5, 0.6) is 11.5 Å². The average Bonchev–Trinajstić information content (AvgIpc) is 3.35. The van der Waals surface area contributed by atoms with E-state index in [-0.39, 0.29) is 35.2 Å². The predicted octanol–water partition coefficient (Wildman–Crippen LogP) is 3.34. The van der Waals surface area contributed by atoms with Crippen LogP contribution in [0.3, 0.4) is 0 Å². The van der Waals surface area contributed by atoms with Crippen molar-refractivity contribution >= 4 is 11.8 Å². The molecule has 0 radical (unpaired) electrons. The van der Waals surface area contributed by atoms with Crippen LogP contribution in [-0.2, 0) is 11.3 Å². The van der Waals surface area contributed by atoms with Gasteiger partial charge in [0.2, 0.25) is 0 Å². The van der Waals surface area contributed by atoms with Crippen LogP contribution in [-0.4, -0.2) is 45.9 Å². The maximum absolute atomic E-state index is 15.6. The number of carbonyl (C=O) groups excluding carboxylic acids is 1. The molecule has 224 valence electrons. The van der Waals surface area contributed by atoms with Gasteiger partial charge in [0.15, 0.2) is 17.3 Å². The number of aromatic amines is 1. The van der Waals surface area contributed by atoms with Gasteiger partial charge < -0.3 is 30.1 Å². The second-order valence-corrected chi connectivity index (χ2v) is 10.3. The number of halogens is 1. The summed E-state index contributed by atoms with van der Waals surface area (Å²) in [6.45, 7) is 5.16. The van der Waals surface area contributed by atoms with Crippen molar-refractivity contribution < 1.29 is 33.3 Å². The zero-order chi connectivity index (χ0) is 31.3. The zero-order valence-corrected chi connectivity index (χ0v) is 24.1. The lowest BCUT2D eigenvalue weighted by Crippen LogP contribution is -2.38. The summed E-state index contributed by atoms with van der Waals surface area (Å²) in [4.78, 5) is 27.8. The average molecular weight is 593 g/mol. The largest absolute Gasteiger partial charge is 0.493 e. The van der Waals surface area contributed by atoms with E-state index in [1.807, 2.05) is 0 Å². The third kappa shape index (κ3) is 7.02. The smallest absolute Gasteiger partial charge is 0.440 e. The van der Waals surface area contributed by atoms with E-state index in [2.05, 4.69) is 26.8 Å². The molecule has 0 aliphatic rings. The lowest BCUT2D eigenvalue weighted by Gasteiger charge is -2.21. The van der Waals surface area contributed by atoms with Gasteiger partial charge in [-0.05, 0) is 66.1 Å². The van der Waals surface area contributed by atoms with Gasteiger partial charge in [-0.25, -0.2) is 14.0 Å². The lowest BCUT2D eigenvalue weighted by atomic mass is 10.0. The first kappa shape index (κ1) is 30.4. The van der Waals surface area contributed by atoms with E-state index in [1.165, 1.54) is 38.6 Å². The van der Waals surface area contributed by atoms with Crippen molar-refractivity contribution in [2.75, 3.05) is 19.5 Å². The highest BCUT2D eigenvalue weighted by Gasteiger charge is 2.29. The Morgan fingerprint density at radius 2 is 1.91 bits per heavy atom. The van der Waals surface area contributed by atoms with E-state index >= 15 is 4.39 Å². The van der Waals surface area contributed by atoms with Crippen molar-refractivity contribution in [1.29, 1.82) is 5.26 Å². The number of nitrogens with one attached hydrogen (secondary N) is 3. The highest BCUT2D eigenvalue weighted by Crippen LogP contribution is 2.35. The number of alkyl carbamates (subject to hydrolysis) is 1. The van der Waals surface area contributed by atoms with Crippen molar-refractivity contribution in [2.45, 2.75) is 39.0 Å². The Hall–Kier alpha value is -5.58. The highest BCUT2D eigenvalue weighted by atomic mass is 19.1. The molecule has 0 fully saturated rings. The van der Waals surface area contributed by atoms with Gasteiger partial charge in [-0.1, -0.05) is 11.2 Å². The summed E-state index contributed by atoms with van der Waals surface area (Å²) in [6.07, 6.45) is 0.661. The van der Waals surface area contributed by atoms with Crippen LogP contribution in [0.15, 0.2) is 59.5 Å². The molecule has 1 unspecified atom stereocenters. The van der Waals surface area contributed by atoms with Gasteiger partial charge >= 0.3 is 17.6 Å². The molecule has 43 heavy (non-hydrogen) atoms. The molecule has 0 saturated carbocycles. The van der Waals surface area contributed by atoms with E-state index in [4.69, 9.17) is 14.2 Å². The molecule has 4 rings (SSSR count). The number of nitriles is 1. The minimum absolute atomic E-state index is 0.00207. The summed E-state index contributed by atoms with van der Waals surface area (Å²) < 4.78 is 33.1. The van der Waals surface area contributed by atoms with Crippen LogP contribution in [0.1, 0.15) is 49.3 Å². The minimum Gasteiger partial charge on any atom is -0.493 e. The highest BCUT2D eigenvalue weighted by molar-refractivity contribution is 5.68. The Morgan fingerprint density at radius 1 is 1.19 bits per heavy atom. The van der Waals surface area contributed by atoms with Gasteiger partial charge in [0, 0.05) is 29.9 Å². The number of benzene rings is 2. The fourth-order valence-corrected chi connectivity index (χ4v) is 4.19. The first-order chi connectivity index (χ1) is 20.4. The van der Waals surface area contributed by atoms with Crippen molar-refractivity contribution in [3.05, 3.63) is 93.5 Å². The Kier molecular flexibility index (Phi) is 8.84. The number of hydrogen-bond acceptors (Lipinski definition) is 9. The van der Waals surface area contributed by atoms with Gasteiger partial charge in [-0.2, -0.15) is 5.26 Å². The molecule has 4 N–H and O–H groups in total. The SMILES string of the molecule is COc1cc(F)c(C(Nc2ccc(C#N)c(CNC(=O)OC(C)(C)C)c2)c2nn(-c3cccc[n+]3O)c(=O)[nH]2)cc1OC. The van der Waals surface area contributed by atoms with Crippen LogP contribution >= 0.6 is 0 Å². The quantitative estimate of drug-likeness (QED) is 0.168. The number of pyridine rings is 1. The maximum Gasteiger partial charge on any atom is 0.440 e. The zero-order valence-electron chi connectivity index (χ0n) is 24.1. The lowest BCUT2D eigenvalue weighted by molar-refractivity contribution is -0.899. The van der Waals surface area contributed by atoms with Crippen LogP contribution in [0.2, 0.25) is 0 Å². The Balaban J connectivity index is 1.78. The van der Waals surface area contributed by atoms with Gasteiger partial charge in [-0.3, -0.25) is 4.98 Å². The Morgan fingerprint density at radius 3 is 2.56 bits per heavy atom. The van der Waals surface area contributed by atoms with Crippen LogP contribution in [0.25, 0.3) is 5.82 Å². The van der Waals surface area contributed by atoms with Crippen LogP contribution in [0, 0.1) is 17.1 Å². The summed E-state index contributed by atoms with van der Waals surface area (Å²) in [5.74, 6) is -0.275. The van der Waals surface area contributed by atoms with Gasteiger partial charge in [-0.15, -0.1) is 0 Å². The first-order valence-corrected chi connectivity index (χ1v) is 13.0. The monoisotopic (exact) mass is 592 g/mol. The van der Waals surface area contributed by atoms with Gasteiger partial charge in [0.1, 0.15) is 23.7 Å². The van der Waals surface area contributed by atoms with E-state index in [9.17, 15) is 20.1 Å². The van der Waals surface area contributed by atoms with Gasteiger partial charge in [0.25, 0.3) is 0 Å². The second kappa shape index (κ2) is 12.5. The molecular weight excluding hydrogens is 561 g/mol. The Bertz CT molecular complexity index is 1740. The molecule has 0 spiro atoms. The van der Waals surface area contributed by atoms with E-state index in [1.54, 1.807) is 45.0 Å². The van der Waals surface area contributed by atoms with Crippen LogP contribution in [0.4, 0.5) is 14.9 Å². The summed E-state index contributed by atoms with van der Waals surface area (Å²) in [6, 6.07) is 12.9. The van der Waals surface area contributed by atoms with E-state index in [0.717, 1.165) is 15.5 Å². The number of aromatic nitrogens is 4. The minimum atomic E-state index is -1.11. The summed E-state index contributed by atoms with van der Waals surface area (Å²) in [5, 5.41) is 30.0. The molecule has 0 saturated heterocycles. The molecule has 0 aliphatic heterocycles. The Labute approximate surface area is 246 Å². The second-order valence-electron chi connectivity index (χ2n) is 10.3. The molecule has 2 aromatic heterocycles. The number of methoxy groups -OCH3 is 2. The van der Waals surface area contributed by atoms with Crippen molar-refractivity contribution in [3.8, 4) is 23.4 Å². The molecule has 2 aromatic carbocycles. The summed E-state index contributed by atoms with van der Waals surface area (Å²) in [7, 11) is 2.78. The fraction of sp³-hybridized carbons (Fsp3) is 0.276. The molecule has 0 aliphatic carbocycles. The van der Waals surface area contributed by atoms with Gasteiger partial charge in [0.05, 0.1) is 25.9 Å². The topological polar surface area (TPSA) is 167 Å². The molecule has 0 bridgehead atoms. The molecule has 2 heterocycles. The molecule has 14 heteroatoms. The third-order valence-electron chi connectivity index (χ3n) is 6.12. The first-order valence-electron chi connectivity index (χ1n) is 13.0. The molecular formula is C29H31FN7O6+. The van der Waals surface area contributed by atoms with Crippen molar-refractivity contribution in [2.24, 2.45) is 0 Å². The van der Waals surface area contributed by atoms with Crippen molar-refractivity contribution in [1.82, 2.24) is 20.1 Å². The number of H-pyrrole nitrogens is 1. The number of rotatable bonds is 9. The molecule has 13 nitrogen and oxygen atoms in total. The molecule has 1 atom stereocenters. The third-order valence-corrected chi connectivity index (χ3v) is 6.12. The molecule has 4 aromatic rings. The van der Waals surface area contributed by atoms with E-state index in [0.29, 0.717) is 16.8 Å². The number of amides is 1. The predicted molar refractivity (Wildman–Crippen MR) is 151 cm³/mol. The summed E-state index contributed by atoms with van der Waals surface area (Å²) >= 11 is 0. The van der Waals surface area contributed by atoms with Crippen LogP contribution < -0.4 is 30.5 Å². The standard InChI is InChI=1S/C29H30FN7O6/c1-29(2,3)43-28(39)32-16-18-12-19(10-9-17(18)15-31)33-25(20-13-22(41-4)23(42-5)14-21(20)30)26-34-27(38)37(35-26)24-8-6-7-11-36(24)40/h6-14,25,33H,16H2,1-5H3,(H2-,32,34,35,38,39,40)/p+1. The fourth-order valence-electron chi connectivity index (χ4n) is 4.19. The summed E-state index contributed by atoms with van der Waals surface area (Å²) in [5.41, 5.74) is -0.205. The molecule has 1 amide bonds. The van der Waals surface area contributed by atoms with E-state index < -0.39 is 29.2 Å². The van der Waals surface area contributed by atoms with Crippen molar-refractivity contribution in [3.63, 3.8) is 0 Å². The number of hydrogen-bond donors (Lipinski definition) is 4. The number of carbonyl (C=O) groups is 1. The number of nitrogens with zero attached hydrogens (tertiary/aromatic N) is 4.